The number of H-pyrrole nitrogens is 3. The second kappa shape index (κ2) is 34.3. The molecule has 0 spiro atoms. The van der Waals surface area contributed by atoms with Crippen LogP contribution in [-0.2, 0) is 19.3 Å². The van der Waals surface area contributed by atoms with E-state index in [0.717, 1.165) is 119 Å². The molecule has 0 aromatic carbocycles. The molecule has 0 fully saturated rings. The van der Waals surface area contributed by atoms with Crippen LogP contribution in [0.15, 0.2) is 178 Å². The third kappa shape index (κ3) is 19.5. The van der Waals surface area contributed by atoms with Crippen LogP contribution in [0.5, 0.6) is 0 Å². The van der Waals surface area contributed by atoms with Crippen molar-refractivity contribution in [1.29, 1.82) is 0 Å². The van der Waals surface area contributed by atoms with E-state index in [9.17, 15) is 14.4 Å². The number of hydrogen-bond donors (Lipinski definition) is 6. The van der Waals surface area contributed by atoms with Gasteiger partial charge < -0.3 is 16.0 Å². The zero-order valence-corrected chi connectivity index (χ0v) is 63.9. The number of aromatic nitrogens is 25. The van der Waals surface area contributed by atoms with Gasteiger partial charge in [-0.2, -0.15) is 30.6 Å². The minimum Gasteiger partial charge on any atom is -0.344 e. The molecule has 0 aliphatic rings. The van der Waals surface area contributed by atoms with Crippen molar-refractivity contribution >= 4 is 17.7 Å². The van der Waals surface area contributed by atoms with Crippen LogP contribution in [0.2, 0.25) is 0 Å². The predicted octanol–water partition coefficient (Wildman–Crippen LogP) is 11.3. The third-order valence-corrected chi connectivity index (χ3v) is 17.6. The Morgan fingerprint density at radius 2 is 0.741 bits per heavy atom. The van der Waals surface area contributed by atoms with Crippen molar-refractivity contribution in [3.8, 4) is 51.6 Å². The summed E-state index contributed by atoms with van der Waals surface area (Å²) in [5.41, 5.74) is 19.6. The number of aryl methyl sites for hydroxylation is 9. The number of nitrogens with zero attached hydrogens (tertiary/aromatic N) is 22. The van der Waals surface area contributed by atoms with Gasteiger partial charge in [0.15, 0.2) is 34.9 Å². The van der Waals surface area contributed by atoms with Crippen LogP contribution < -0.4 is 16.0 Å². The van der Waals surface area contributed by atoms with Crippen molar-refractivity contribution < 1.29 is 14.4 Å². The van der Waals surface area contributed by atoms with E-state index in [1.807, 2.05) is 174 Å². The fourth-order valence-corrected chi connectivity index (χ4v) is 12.0. The Labute approximate surface area is 644 Å². The molecule has 15 heterocycles. The van der Waals surface area contributed by atoms with Crippen molar-refractivity contribution in [2.24, 2.45) is 0 Å². The highest BCUT2D eigenvalue weighted by Crippen LogP contribution is 2.25. The first-order chi connectivity index (χ1) is 54.0. The van der Waals surface area contributed by atoms with E-state index in [2.05, 4.69) is 122 Å². The van der Waals surface area contributed by atoms with Gasteiger partial charge in [-0.05, 0) is 195 Å². The van der Waals surface area contributed by atoms with E-state index in [-0.39, 0.29) is 41.5 Å². The lowest BCUT2D eigenvalue weighted by Gasteiger charge is -2.17. The SMILES string of the molecule is CC[C@@H](NC(=O)c1ccc(-c2nc(C)cc(Cc3cc(C)[nH]n3)n2)cn1)c1ccc(-n2cc(C)cn2)nc1.Cc1cnn(-c2ccc([C@@H](C)NC(=O)c3ccc(-c4nc(C)cc(Cc5cc(C)[nH]n5)n4)cn3)cn2)c1.Cc1cnn(-c2cnc([C@H](C)NC(=O)c3ccc(-c4nc(C)cc(Cc5cc(C)[nH]n5)n4)cn3)cn2)c1. The van der Waals surface area contributed by atoms with Gasteiger partial charge in [-0.3, -0.25) is 49.6 Å². The summed E-state index contributed by atoms with van der Waals surface area (Å²) in [5, 5.41) is 43.5. The summed E-state index contributed by atoms with van der Waals surface area (Å²) in [7, 11) is 0. The van der Waals surface area contributed by atoms with Crippen LogP contribution >= 0.6 is 0 Å². The second-order valence-corrected chi connectivity index (χ2v) is 27.3. The molecule has 31 nitrogen and oxygen atoms in total. The zero-order valence-electron chi connectivity index (χ0n) is 63.9. The van der Waals surface area contributed by atoms with Crippen molar-refractivity contribution in [2.45, 2.75) is 127 Å². The van der Waals surface area contributed by atoms with Gasteiger partial charge in [0.2, 0.25) is 0 Å². The molecule has 0 aliphatic heterocycles. The third-order valence-electron chi connectivity index (χ3n) is 17.6. The summed E-state index contributed by atoms with van der Waals surface area (Å²) < 4.78 is 5.09. The Bertz CT molecular complexity index is 5510. The van der Waals surface area contributed by atoms with Gasteiger partial charge in [-0.25, -0.2) is 58.9 Å². The minimum absolute atomic E-state index is 0.196. The Hall–Kier alpha value is -14.3. The summed E-state index contributed by atoms with van der Waals surface area (Å²) in [5.74, 6) is 2.89. The normalized spacial score (nSPS) is 11.9. The quantitative estimate of drug-likeness (QED) is 0.0367. The number of pyridine rings is 5. The Kier molecular flexibility index (Phi) is 23.3. The number of aromatic amines is 3. The summed E-state index contributed by atoms with van der Waals surface area (Å²) in [4.78, 5) is 97.3. The number of carbonyl (C=O) groups is 3. The first-order valence-corrected chi connectivity index (χ1v) is 36.2. The van der Waals surface area contributed by atoms with Crippen molar-refractivity contribution in [2.75, 3.05) is 0 Å². The molecule has 0 saturated heterocycles. The summed E-state index contributed by atoms with van der Waals surface area (Å²) in [6.07, 6.45) is 25.2. The monoisotopic (exact) mass is 1490 g/mol. The number of carbonyl (C=O) groups excluding carboxylic acids is 3. The highest BCUT2D eigenvalue weighted by Gasteiger charge is 2.21. The van der Waals surface area contributed by atoms with E-state index in [1.165, 1.54) is 0 Å². The van der Waals surface area contributed by atoms with Crippen LogP contribution in [-0.4, -0.2) is 142 Å². The van der Waals surface area contributed by atoms with Gasteiger partial charge in [0.25, 0.3) is 17.7 Å². The molecule has 112 heavy (non-hydrogen) atoms. The Morgan fingerprint density at radius 3 is 1.06 bits per heavy atom. The molecule has 15 aromatic heterocycles. The molecular formula is C81H82N28O3. The van der Waals surface area contributed by atoms with Gasteiger partial charge in [0.1, 0.15) is 17.1 Å². The predicted molar refractivity (Wildman–Crippen MR) is 417 cm³/mol. The average molecular weight is 1500 g/mol. The molecule has 6 N–H and O–H groups in total. The lowest BCUT2D eigenvalue weighted by atomic mass is 10.1. The van der Waals surface area contributed by atoms with E-state index in [0.29, 0.717) is 71.9 Å². The first kappa shape index (κ1) is 76.0. The maximum absolute atomic E-state index is 13.0. The fourth-order valence-electron chi connectivity index (χ4n) is 12.0. The van der Waals surface area contributed by atoms with Crippen LogP contribution in [0.1, 0.15) is 179 Å². The van der Waals surface area contributed by atoms with Crippen LogP contribution in [0.4, 0.5) is 0 Å². The second-order valence-electron chi connectivity index (χ2n) is 27.3. The average Bonchev–Trinajstić information content (AvgIpc) is 1.02. The van der Waals surface area contributed by atoms with E-state index >= 15 is 0 Å². The summed E-state index contributed by atoms with van der Waals surface area (Å²) >= 11 is 0. The molecule has 0 unspecified atom stereocenters. The molecule has 0 radical (unpaired) electrons. The number of rotatable bonds is 22. The lowest BCUT2D eigenvalue weighted by Crippen LogP contribution is -2.29. The van der Waals surface area contributed by atoms with E-state index in [1.54, 1.807) is 100 Å². The number of amides is 3. The van der Waals surface area contributed by atoms with Gasteiger partial charge in [0.05, 0.1) is 89.0 Å². The molecule has 564 valence electrons. The van der Waals surface area contributed by atoms with E-state index in [4.69, 9.17) is 4.98 Å². The number of nitrogens with one attached hydrogen (secondary N) is 6. The minimum atomic E-state index is -0.358. The van der Waals surface area contributed by atoms with Gasteiger partial charge in [-0.1, -0.05) is 19.1 Å². The molecular weight excluding hydrogens is 1410 g/mol. The molecule has 0 aliphatic carbocycles. The molecule has 0 saturated carbocycles. The highest BCUT2D eigenvalue weighted by molar-refractivity contribution is 5.94. The molecule has 31 heteroatoms. The molecule has 15 aromatic rings. The molecule has 3 amide bonds. The molecule has 0 bridgehead atoms. The van der Waals surface area contributed by atoms with Gasteiger partial charge >= 0.3 is 0 Å². The fraction of sp³-hybridized carbons (Fsp3) is 0.235. The molecule has 15 rings (SSSR count). The number of hydrogen-bond acceptors (Lipinski definition) is 22. The standard InChI is InChI=1S/C28H29N9O.C27H27N9O.C26H26N10O/c1-5-24(20-7-9-26(30-14-20)37-16-17(2)13-31-37)34-28(38)25-8-6-21(15-29-25)27-32-18(3)10-22(33-27)12-23-11-19(4)35-36-23;1-16-12-30-36(15-16)25-8-6-20(13-29-25)19(4)32-27(37)24-7-5-21(14-28-24)26-31-17(2)9-22(33-26)11-23-10-18(3)34-35-23;1-15-10-30-36(14-15)24-13-28-23(12-29-24)18(4)32-26(37)22-6-5-19(11-27-22)25-31-16(2)7-20(33-25)9-21-8-17(3)34-35-21/h6-11,13-16,24H,5,12H2,1-4H3,(H,34,38)(H,35,36);5-10,12-15,19H,11H2,1-4H3,(H,32,37)(H,34,35);5-8,10-14,18H,9H2,1-4H3,(H,32,37)(H,34,35)/t24-;19-;18-/m110/s1. The lowest BCUT2D eigenvalue weighted by molar-refractivity contribution is 0.0923. The van der Waals surface area contributed by atoms with Crippen LogP contribution in [0.3, 0.4) is 0 Å². The summed E-state index contributed by atoms with van der Waals surface area (Å²) in [6, 6.07) is 29.2. The van der Waals surface area contributed by atoms with Crippen molar-refractivity contribution in [3.05, 3.63) is 297 Å². The van der Waals surface area contributed by atoms with Crippen molar-refractivity contribution in [3.63, 3.8) is 0 Å². The Morgan fingerprint density at radius 1 is 0.366 bits per heavy atom. The molecule has 3 atom stereocenters. The largest absolute Gasteiger partial charge is 0.344 e. The van der Waals surface area contributed by atoms with Crippen LogP contribution in [0, 0.1) is 62.3 Å². The Balaban J connectivity index is 0.000000147. The van der Waals surface area contributed by atoms with Gasteiger partial charge in [0, 0.05) is 120 Å². The van der Waals surface area contributed by atoms with E-state index < -0.39 is 0 Å². The summed E-state index contributed by atoms with van der Waals surface area (Å²) in [6.45, 7) is 23.4. The topological polar surface area (TPSA) is 394 Å². The first-order valence-electron chi connectivity index (χ1n) is 36.2. The smallest absolute Gasteiger partial charge is 0.270 e. The maximum atomic E-state index is 13.0. The maximum Gasteiger partial charge on any atom is 0.270 e. The van der Waals surface area contributed by atoms with Crippen LogP contribution in [0.25, 0.3) is 51.6 Å². The zero-order chi connectivity index (χ0) is 78.5. The highest BCUT2D eigenvalue weighted by atomic mass is 16.2. The van der Waals surface area contributed by atoms with Crippen molar-refractivity contribution in [1.82, 2.24) is 141 Å². The van der Waals surface area contributed by atoms with Gasteiger partial charge in [-0.15, -0.1) is 0 Å².